The zero-order chi connectivity index (χ0) is 12.4. The van der Waals surface area contributed by atoms with Crippen LogP contribution >= 0.6 is 0 Å². The molecule has 2 heterocycles. The first kappa shape index (κ1) is 12.2. The molecule has 2 N–H and O–H groups in total. The molecule has 2 aliphatic rings. The molecule has 0 aromatic rings. The van der Waals surface area contributed by atoms with Crippen LogP contribution in [0.4, 0.5) is 4.79 Å². The van der Waals surface area contributed by atoms with Gasteiger partial charge in [-0.25, -0.2) is 4.79 Å². The van der Waals surface area contributed by atoms with E-state index in [0.717, 1.165) is 19.4 Å². The van der Waals surface area contributed by atoms with Crippen LogP contribution in [0, 0.1) is 5.92 Å². The molecule has 2 saturated heterocycles. The molecule has 2 rings (SSSR count). The number of hydrogen-bond acceptors (Lipinski definition) is 4. The second-order valence-corrected chi connectivity index (χ2v) is 4.81. The second kappa shape index (κ2) is 4.91. The summed E-state index contributed by atoms with van der Waals surface area (Å²) in [6, 6.07) is -0.456. The number of nitrogens with one attached hydrogen (secondary N) is 1. The molecule has 0 bridgehead atoms. The van der Waals surface area contributed by atoms with Crippen molar-refractivity contribution >= 4 is 12.1 Å². The molecule has 2 aliphatic heterocycles. The Kier molecular flexibility index (Phi) is 3.51. The maximum absolute atomic E-state index is 11.2. The van der Waals surface area contributed by atoms with Crippen LogP contribution in [0.15, 0.2) is 0 Å². The van der Waals surface area contributed by atoms with E-state index in [-0.39, 0.29) is 12.0 Å². The molecule has 96 valence electrons. The van der Waals surface area contributed by atoms with Crippen molar-refractivity contribution in [1.82, 2.24) is 10.2 Å². The van der Waals surface area contributed by atoms with Gasteiger partial charge in [-0.3, -0.25) is 9.69 Å². The Bertz CT molecular complexity index is 321. The summed E-state index contributed by atoms with van der Waals surface area (Å²) in [5, 5.41) is 11.8. The van der Waals surface area contributed by atoms with Crippen LogP contribution in [-0.2, 0) is 9.53 Å². The number of piperidine rings is 1. The van der Waals surface area contributed by atoms with Crippen molar-refractivity contribution < 1.29 is 19.4 Å². The molecule has 2 fully saturated rings. The highest BCUT2D eigenvalue weighted by Crippen LogP contribution is 2.24. The number of nitrogens with zero attached hydrogens (tertiary/aromatic N) is 1. The first-order valence-electron chi connectivity index (χ1n) is 5.99. The SMILES string of the molecule is CC1CCCN(CC2CNC(=O)O2)C1C(=O)O. The number of carbonyl (C=O) groups is 2. The Labute approximate surface area is 99.9 Å². The van der Waals surface area contributed by atoms with Gasteiger partial charge in [-0.2, -0.15) is 0 Å². The number of aliphatic carboxylic acids is 1. The van der Waals surface area contributed by atoms with E-state index in [0.29, 0.717) is 13.1 Å². The molecular weight excluding hydrogens is 224 g/mol. The van der Waals surface area contributed by atoms with Gasteiger partial charge in [0.25, 0.3) is 0 Å². The van der Waals surface area contributed by atoms with Gasteiger partial charge in [-0.05, 0) is 25.3 Å². The Morgan fingerprint density at radius 3 is 3.00 bits per heavy atom. The summed E-state index contributed by atoms with van der Waals surface area (Å²) in [5.41, 5.74) is 0. The van der Waals surface area contributed by atoms with Crippen LogP contribution in [0.1, 0.15) is 19.8 Å². The number of rotatable bonds is 3. The summed E-state index contributed by atoms with van der Waals surface area (Å²) in [7, 11) is 0. The quantitative estimate of drug-likeness (QED) is 0.743. The Morgan fingerprint density at radius 1 is 1.65 bits per heavy atom. The Balaban J connectivity index is 1.97. The zero-order valence-electron chi connectivity index (χ0n) is 9.89. The number of carboxylic acids is 1. The van der Waals surface area contributed by atoms with Gasteiger partial charge in [-0.1, -0.05) is 6.92 Å². The van der Waals surface area contributed by atoms with Gasteiger partial charge in [0.2, 0.25) is 0 Å². The lowest BCUT2D eigenvalue weighted by molar-refractivity contribution is -0.147. The summed E-state index contributed by atoms with van der Waals surface area (Å²) >= 11 is 0. The van der Waals surface area contributed by atoms with Gasteiger partial charge in [0.1, 0.15) is 12.1 Å². The number of cyclic esters (lactones) is 1. The first-order valence-corrected chi connectivity index (χ1v) is 5.99. The van der Waals surface area contributed by atoms with Crippen molar-refractivity contribution in [2.75, 3.05) is 19.6 Å². The monoisotopic (exact) mass is 242 g/mol. The molecule has 0 saturated carbocycles. The normalized spacial score (nSPS) is 34.2. The average Bonchev–Trinajstić information content (AvgIpc) is 2.63. The van der Waals surface area contributed by atoms with Crippen molar-refractivity contribution in [3.05, 3.63) is 0 Å². The third-order valence-electron chi connectivity index (χ3n) is 3.48. The smallest absolute Gasteiger partial charge is 0.407 e. The lowest BCUT2D eigenvalue weighted by atomic mass is 9.90. The first-order chi connectivity index (χ1) is 8.08. The van der Waals surface area contributed by atoms with Crippen molar-refractivity contribution in [3.8, 4) is 0 Å². The van der Waals surface area contributed by atoms with E-state index in [1.807, 2.05) is 11.8 Å². The van der Waals surface area contributed by atoms with Gasteiger partial charge >= 0.3 is 12.1 Å². The summed E-state index contributed by atoms with van der Waals surface area (Å²) in [6.07, 6.45) is 1.30. The molecule has 17 heavy (non-hydrogen) atoms. The topological polar surface area (TPSA) is 78.9 Å². The second-order valence-electron chi connectivity index (χ2n) is 4.81. The highest BCUT2D eigenvalue weighted by Gasteiger charge is 2.36. The third-order valence-corrected chi connectivity index (χ3v) is 3.48. The molecule has 3 atom stereocenters. The van der Waals surface area contributed by atoms with E-state index in [4.69, 9.17) is 4.74 Å². The highest BCUT2D eigenvalue weighted by molar-refractivity contribution is 5.74. The minimum Gasteiger partial charge on any atom is -0.480 e. The van der Waals surface area contributed by atoms with Crippen LogP contribution in [0.3, 0.4) is 0 Å². The molecule has 6 heteroatoms. The predicted molar refractivity (Wildman–Crippen MR) is 59.7 cm³/mol. The van der Waals surface area contributed by atoms with Gasteiger partial charge in [0.15, 0.2) is 0 Å². The fraction of sp³-hybridized carbons (Fsp3) is 0.818. The van der Waals surface area contributed by atoms with E-state index in [1.165, 1.54) is 0 Å². The molecule has 0 spiro atoms. The fourth-order valence-electron chi connectivity index (χ4n) is 2.67. The van der Waals surface area contributed by atoms with Gasteiger partial charge in [0.05, 0.1) is 6.54 Å². The van der Waals surface area contributed by atoms with Crippen LogP contribution in [0.25, 0.3) is 0 Å². The van der Waals surface area contributed by atoms with Gasteiger partial charge in [0, 0.05) is 6.54 Å². The molecule has 6 nitrogen and oxygen atoms in total. The predicted octanol–water partition coefficient (Wildman–Crippen LogP) is 0.280. The van der Waals surface area contributed by atoms with Crippen LogP contribution in [0.5, 0.6) is 0 Å². The number of alkyl carbamates (subject to hydrolysis) is 1. The molecular formula is C11H18N2O4. The summed E-state index contributed by atoms with van der Waals surface area (Å²) < 4.78 is 5.04. The van der Waals surface area contributed by atoms with E-state index in [2.05, 4.69) is 5.32 Å². The highest BCUT2D eigenvalue weighted by atomic mass is 16.6. The van der Waals surface area contributed by atoms with E-state index < -0.39 is 18.1 Å². The van der Waals surface area contributed by atoms with E-state index in [9.17, 15) is 14.7 Å². The number of carboxylic acid groups (broad SMARTS) is 1. The number of ether oxygens (including phenoxy) is 1. The molecule has 0 aliphatic carbocycles. The molecule has 0 aromatic carbocycles. The van der Waals surface area contributed by atoms with Gasteiger partial charge in [-0.15, -0.1) is 0 Å². The number of carbonyl (C=O) groups excluding carboxylic acids is 1. The largest absolute Gasteiger partial charge is 0.480 e. The maximum Gasteiger partial charge on any atom is 0.407 e. The van der Waals surface area contributed by atoms with E-state index in [1.54, 1.807) is 0 Å². The zero-order valence-corrected chi connectivity index (χ0v) is 9.89. The molecule has 3 unspecified atom stereocenters. The number of likely N-dealkylation sites (tertiary alicyclic amines) is 1. The molecule has 0 radical (unpaired) electrons. The number of amides is 1. The van der Waals surface area contributed by atoms with Crippen LogP contribution < -0.4 is 5.32 Å². The van der Waals surface area contributed by atoms with Crippen molar-refractivity contribution in [2.45, 2.75) is 31.9 Å². The molecule has 1 amide bonds. The van der Waals surface area contributed by atoms with Crippen LogP contribution in [0.2, 0.25) is 0 Å². The van der Waals surface area contributed by atoms with Crippen molar-refractivity contribution in [1.29, 1.82) is 0 Å². The lowest BCUT2D eigenvalue weighted by Crippen LogP contribution is -2.52. The lowest BCUT2D eigenvalue weighted by Gasteiger charge is -2.37. The third kappa shape index (κ3) is 2.69. The Hall–Kier alpha value is -1.30. The minimum atomic E-state index is -0.783. The standard InChI is InChI=1S/C11H18N2O4/c1-7-3-2-4-13(9(7)10(14)15)6-8-5-12-11(16)17-8/h7-9H,2-6H2,1H3,(H,12,16)(H,14,15). The summed E-state index contributed by atoms with van der Waals surface area (Å²) in [4.78, 5) is 24.1. The number of hydrogen-bond donors (Lipinski definition) is 2. The summed E-state index contributed by atoms with van der Waals surface area (Å²) in [5.74, 6) is -0.638. The van der Waals surface area contributed by atoms with E-state index >= 15 is 0 Å². The van der Waals surface area contributed by atoms with Gasteiger partial charge < -0.3 is 15.2 Å². The maximum atomic E-state index is 11.2. The average molecular weight is 242 g/mol. The molecule has 0 aromatic heterocycles. The summed E-state index contributed by atoms with van der Waals surface area (Å²) in [6.45, 7) is 3.69. The van der Waals surface area contributed by atoms with Crippen molar-refractivity contribution in [3.63, 3.8) is 0 Å². The van der Waals surface area contributed by atoms with Crippen molar-refractivity contribution in [2.24, 2.45) is 5.92 Å². The fourth-order valence-corrected chi connectivity index (χ4v) is 2.67. The Morgan fingerprint density at radius 2 is 2.41 bits per heavy atom. The van der Waals surface area contributed by atoms with Crippen LogP contribution in [-0.4, -0.2) is 53.8 Å². The minimum absolute atomic E-state index is 0.145.